The van der Waals surface area contributed by atoms with Gasteiger partial charge in [-0.1, -0.05) is 6.92 Å². The lowest BCUT2D eigenvalue weighted by atomic mass is 9.90. The summed E-state index contributed by atoms with van der Waals surface area (Å²) in [4.78, 5) is 2.43. The molecule has 1 aromatic rings. The van der Waals surface area contributed by atoms with Gasteiger partial charge < -0.3 is 10.6 Å². The van der Waals surface area contributed by atoms with E-state index in [0.717, 1.165) is 19.6 Å². The van der Waals surface area contributed by atoms with E-state index in [2.05, 4.69) is 28.7 Å². The lowest BCUT2D eigenvalue weighted by Crippen LogP contribution is -2.31. The molecule has 1 saturated heterocycles. The highest BCUT2D eigenvalue weighted by Crippen LogP contribution is 2.32. The van der Waals surface area contributed by atoms with Gasteiger partial charge >= 0.3 is 0 Å². The van der Waals surface area contributed by atoms with Gasteiger partial charge in [-0.15, -0.1) is 0 Å². The maximum Gasteiger partial charge on any atom is 0.0475 e. The van der Waals surface area contributed by atoms with Crippen LogP contribution in [0.5, 0.6) is 0 Å². The summed E-state index contributed by atoms with van der Waals surface area (Å²) in [5.74, 6) is 0. The van der Waals surface area contributed by atoms with Crippen molar-refractivity contribution in [2.24, 2.45) is 11.1 Å². The van der Waals surface area contributed by atoms with Crippen LogP contribution in [0.15, 0.2) is 16.8 Å². The topological polar surface area (TPSA) is 29.3 Å². The van der Waals surface area contributed by atoms with E-state index in [1.54, 1.807) is 11.3 Å². The summed E-state index contributed by atoms with van der Waals surface area (Å²) in [6.07, 6.45) is 1.22. The van der Waals surface area contributed by atoms with E-state index < -0.39 is 0 Å². The molecule has 0 aliphatic carbocycles. The van der Waals surface area contributed by atoms with Crippen molar-refractivity contribution in [2.45, 2.75) is 13.3 Å². The van der Waals surface area contributed by atoms with Crippen molar-refractivity contribution in [1.29, 1.82) is 0 Å². The number of rotatable bonds is 2. The molecule has 0 aromatic carbocycles. The van der Waals surface area contributed by atoms with Gasteiger partial charge in [0.2, 0.25) is 0 Å². The van der Waals surface area contributed by atoms with Gasteiger partial charge in [-0.2, -0.15) is 11.3 Å². The molecule has 2 nitrogen and oxygen atoms in total. The molecule has 1 aromatic heterocycles. The van der Waals surface area contributed by atoms with E-state index in [4.69, 9.17) is 5.73 Å². The Morgan fingerprint density at radius 3 is 3.08 bits per heavy atom. The first-order chi connectivity index (χ1) is 6.23. The van der Waals surface area contributed by atoms with Crippen LogP contribution in [-0.4, -0.2) is 19.6 Å². The molecule has 1 aliphatic heterocycles. The van der Waals surface area contributed by atoms with E-state index in [9.17, 15) is 0 Å². The molecule has 13 heavy (non-hydrogen) atoms. The molecule has 1 aliphatic rings. The maximum atomic E-state index is 5.76. The molecule has 72 valence electrons. The summed E-state index contributed by atoms with van der Waals surface area (Å²) in [7, 11) is 0. The fraction of sp³-hybridized carbons (Fsp3) is 0.600. The number of hydrogen-bond acceptors (Lipinski definition) is 3. The summed E-state index contributed by atoms with van der Waals surface area (Å²) >= 11 is 1.76. The zero-order valence-corrected chi connectivity index (χ0v) is 8.81. The second-order valence-corrected chi connectivity index (χ2v) is 4.95. The monoisotopic (exact) mass is 196 g/mol. The van der Waals surface area contributed by atoms with Crippen LogP contribution >= 0.6 is 11.3 Å². The minimum absolute atomic E-state index is 0.335. The average molecular weight is 196 g/mol. The Morgan fingerprint density at radius 1 is 1.69 bits per heavy atom. The van der Waals surface area contributed by atoms with Crippen LogP contribution in [0, 0.1) is 5.41 Å². The lowest BCUT2D eigenvalue weighted by Gasteiger charge is -2.22. The normalized spacial score (nSPS) is 28.3. The third-order valence-corrected chi connectivity index (χ3v) is 3.59. The first-order valence-electron chi connectivity index (χ1n) is 4.71. The minimum atomic E-state index is 0.335. The third kappa shape index (κ3) is 1.71. The van der Waals surface area contributed by atoms with Crippen molar-refractivity contribution in [1.82, 2.24) is 0 Å². The Labute approximate surface area is 83.4 Å². The van der Waals surface area contributed by atoms with E-state index in [-0.39, 0.29) is 0 Å². The third-order valence-electron chi connectivity index (χ3n) is 2.92. The molecule has 2 rings (SSSR count). The van der Waals surface area contributed by atoms with Gasteiger partial charge in [-0.25, -0.2) is 0 Å². The summed E-state index contributed by atoms with van der Waals surface area (Å²) in [5.41, 5.74) is 7.46. The predicted molar refractivity (Wildman–Crippen MR) is 58.3 cm³/mol. The summed E-state index contributed by atoms with van der Waals surface area (Å²) in [6, 6.07) is 2.19. The number of anilines is 1. The number of nitrogens with zero attached hydrogens (tertiary/aromatic N) is 1. The number of thiophene rings is 1. The number of hydrogen-bond donors (Lipinski definition) is 1. The van der Waals surface area contributed by atoms with Crippen molar-refractivity contribution in [3.63, 3.8) is 0 Å². The van der Waals surface area contributed by atoms with Gasteiger partial charge in [0.1, 0.15) is 0 Å². The smallest absolute Gasteiger partial charge is 0.0475 e. The summed E-state index contributed by atoms with van der Waals surface area (Å²) < 4.78 is 0. The van der Waals surface area contributed by atoms with Gasteiger partial charge in [0.25, 0.3) is 0 Å². The Balaban J connectivity index is 2.07. The Hall–Kier alpha value is -0.540. The van der Waals surface area contributed by atoms with Crippen molar-refractivity contribution in [2.75, 3.05) is 24.5 Å². The lowest BCUT2D eigenvalue weighted by molar-refractivity contribution is 0.383. The van der Waals surface area contributed by atoms with E-state index in [0.29, 0.717) is 5.41 Å². The van der Waals surface area contributed by atoms with Gasteiger partial charge in [0.05, 0.1) is 0 Å². The largest absolute Gasteiger partial charge is 0.370 e. The van der Waals surface area contributed by atoms with Crippen molar-refractivity contribution < 1.29 is 0 Å². The van der Waals surface area contributed by atoms with Gasteiger partial charge in [-0.05, 0) is 29.8 Å². The molecule has 3 heteroatoms. The molecule has 1 unspecified atom stereocenters. The van der Waals surface area contributed by atoms with Gasteiger partial charge in [0, 0.05) is 24.2 Å². The highest BCUT2D eigenvalue weighted by Gasteiger charge is 2.32. The standard InChI is InChI=1S/C10H16N2S/c1-10(7-11)3-4-12(8-10)9-2-5-13-6-9/h2,5-6H,3-4,7-8,11H2,1H3. The average Bonchev–Trinajstić information content (AvgIpc) is 2.73. The summed E-state index contributed by atoms with van der Waals surface area (Å²) in [5, 5.41) is 4.34. The molecule has 0 spiro atoms. The Kier molecular flexibility index (Phi) is 2.30. The summed E-state index contributed by atoms with van der Waals surface area (Å²) in [6.45, 7) is 5.34. The zero-order valence-electron chi connectivity index (χ0n) is 7.99. The molecule has 0 bridgehead atoms. The van der Waals surface area contributed by atoms with Crippen molar-refractivity contribution in [3.05, 3.63) is 16.8 Å². The van der Waals surface area contributed by atoms with E-state index in [1.807, 2.05) is 0 Å². The van der Waals surface area contributed by atoms with E-state index >= 15 is 0 Å². The van der Waals surface area contributed by atoms with Crippen LogP contribution in [0.25, 0.3) is 0 Å². The van der Waals surface area contributed by atoms with Crippen LogP contribution in [0.3, 0.4) is 0 Å². The molecular weight excluding hydrogens is 180 g/mol. The van der Waals surface area contributed by atoms with Crippen molar-refractivity contribution >= 4 is 17.0 Å². The first kappa shape index (κ1) is 9.03. The van der Waals surface area contributed by atoms with Crippen molar-refractivity contribution in [3.8, 4) is 0 Å². The molecule has 2 N–H and O–H groups in total. The molecular formula is C10H16N2S. The number of nitrogens with two attached hydrogens (primary N) is 1. The zero-order chi connectivity index (χ0) is 9.31. The Bertz CT molecular complexity index is 270. The second-order valence-electron chi connectivity index (χ2n) is 4.17. The van der Waals surface area contributed by atoms with Crippen LogP contribution in [0.2, 0.25) is 0 Å². The maximum absolute atomic E-state index is 5.76. The van der Waals surface area contributed by atoms with Crippen LogP contribution in [0.1, 0.15) is 13.3 Å². The van der Waals surface area contributed by atoms with Crippen LogP contribution in [-0.2, 0) is 0 Å². The van der Waals surface area contributed by atoms with E-state index in [1.165, 1.54) is 12.1 Å². The molecule has 0 amide bonds. The fourth-order valence-corrected chi connectivity index (χ4v) is 2.51. The quantitative estimate of drug-likeness (QED) is 0.783. The van der Waals surface area contributed by atoms with Gasteiger partial charge in [0.15, 0.2) is 0 Å². The molecule has 0 radical (unpaired) electrons. The molecule has 0 saturated carbocycles. The molecule has 1 fully saturated rings. The van der Waals surface area contributed by atoms with Crippen LogP contribution < -0.4 is 10.6 Å². The van der Waals surface area contributed by atoms with Crippen LogP contribution in [0.4, 0.5) is 5.69 Å². The Morgan fingerprint density at radius 2 is 2.54 bits per heavy atom. The highest BCUT2D eigenvalue weighted by atomic mass is 32.1. The van der Waals surface area contributed by atoms with Gasteiger partial charge in [-0.3, -0.25) is 0 Å². The minimum Gasteiger partial charge on any atom is -0.370 e. The molecule has 2 heterocycles. The SMILES string of the molecule is CC1(CN)CCN(c2ccsc2)C1. The second kappa shape index (κ2) is 3.31. The first-order valence-corrected chi connectivity index (χ1v) is 5.65. The highest BCUT2D eigenvalue weighted by molar-refractivity contribution is 7.08. The molecule has 1 atom stereocenters. The predicted octanol–water partition coefficient (Wildman–Crippen LogP) is 1.92. The fourth-order valence-electron chi connectivity index (χ4n) is 1.85.